The highest BCUT2D eigenvalue weighted by atomic mass is 32.1. The number of nitrogens with one attached hydrogen (secondary N) is 1. The van der Waals surface area contributed by atoms with Gasteiger partial charge in [0.1, 0.15) is 5.75 Å². The van der Waals surface area contributed by atoms with Crippen LogP contribution in [0.5, 0.6) is 5.75 Å². The fourth-order valence-electron chi connectivity index (χ4n) is 2.61. The van der Waals surface area contributed by atoms with Crippen molar-refractivity contribution < 1.29 is 22.8 Å². The molecule has 2 heterocycles. The Bertz CT molecular complexity index is 1210. The van der Waals surface area contributed by atoms with Gasteiger partial charge >= 0.3 is 0 Å². The highest BCUT2D eigenvalue weighted by molar-refractivity contribution is 7.14. The van der Waals surface area contributed by atoms with Gasteiger partial charge < -0.3 is 9.26 Å². The molecule has 2 aromatic heterocycles. The van der Waals surface area contributed by atoms with Gasteiger partial charge in [-0.05, 0) is 30.3 Å². The Morgan fingerprint density at radius 2 is 2.00 bits per heavy atom. The van der Waals surface area contributed by atoms with Crippen LogP contribution in [0.15, 0.2) is 52.4 Å². The molecule has 0 aliphatic rings. The van der Waals surface area contributed by atoms with Crippen LogP contribution in [-0.4, -0.2) is 21.0 Å². The van der Waals surface area contributed by atoms with Crippen LogP contribution in [0.3, 0.4) is 0 Å². The zero-order chi connectivity index (χ0) is 21.1. The van der Waals surface area contributed by atoms with E-state index < -0.39 is 17.5 Å². The molecule has 0 atom stereocenters. The standard InChI is InChI=1S/C20H14F2N4O3S/c1-11-23-18(26-29-11)9-28-17-5-3-2-4-13(17)19(27)25-20-24-16(10-30-20)12-6-7-14(21)15(22)8-12/h2-8,10H,9H2,1H3,(H,24,25,27). The number of para-hydroxylation sites is 1. The van der Waals surface area contributed by atoms with Gasteiger partial charge in [0.05, 0.1) is 11.3 Å². The van der Waals surface area contributed by atoms with E-state index in [2.05, 4.69) is 20.4 Å². The SMILES string of the molecule is Cc1nc(COc2ccccc2C(=O)Nc2nc(-c3ccc(F)c(F)c3)cs2)no1. The maximum atomic E-state index is 13.4. The lowest BCUT2D eigenvalue weighted by Gasteiger charge is -2.09. The fourth-order valence-corrected chi connectivity index (χ4v) is 3.32. The molecule has 4 aromatic rings. The molecule has 0 aliphatic heterocycles. The molecule has 0 saturated carbocycles. The van der Waals surface area contributed by atoms with Gasteiger partial charge in [-0.25, -0.2) is 13.8 Å². The van der Waals surface area contributed by atoms with Gasteiger partial charge in [-0.3, -0.25) is 10.1 Å². The zero-order valence-corrected chi connectivity index (χ0v) is 16.4. The summed E-state index contributed by atoms with van der Waals surface area (Å²) in [4.78, 5) is 21.0. The second-order valence-electron chi connectivity index (χ2n) is 6.14. The summed E-state index contributed by atoms with van der Waals surface area (Å²) in [6.07, 6.45) is 0. The monoisotopic (exact) mass is 428 g/mol. The number of carbonyl (C=O) groups excluding carboxylic acids is 1. The number of carbonyl (C=O) groups is 1. The number of rotatable bonds is 6. The second kappa shape index (κ2) is 8.37. The van der Waals surface area contributed by atoms with Gasteiger partial charge in [0.25, 0.3) is 5.91 Å². The van der Waals surface area contributed by atoms with Crippen LogP contribution < -0.4 is 10.1 Å². The molecule has 0 radical (unpaired) electrons. The Labute approximate surface area is 173 Å². The number of anilines is 1. The average molecular weight is 428 g/mol. The largest absolute Gasteiger partial charge is 0.485 e. The topological polar surface area (TPSA) is 90.1 Å². The number of aromatic nitrogens is 3. The Kier molecular flexibility index (Phi) is 5.48. The first-order valence-electron chi connectivity index (χ1n) is 8.73. The minimum absolute atomic E-state index is 0.0408. The number of hydrogen-bond acceptors (Lipinski definition) is 7. The third-order valence-corrected chi connectivity index (χ3v) is 4.76. The van der Waals surface area contributed by atoms with Crippen LogP contribution in [0.25, 0.3) is 11.3 Å². The molecule has 2 aromatic carbocycles. The second-order valence-corrected chi connectivity index (χ2v) is 6.99. The molecule has 0 spiro atoms. The van der Waals surface area contributed by atoms with Gasteiger partial charge in [-0.2, -0.15) is 4.98 Å². The van der Waals surface area contributed by atoms with Crippen LogP contribution in [-0.2, 0) is 6.61 Å². The Balaban J connectivity index is 1.48. The number of nitrogens with zero attached hydrogens (tertiary/aromatic N) is 3. The van der Waals surface area contributed by atoms with Crippen molar-refractivity contribution in [1.82, 2.24) is 15.1 Å². The molecular formula is C20H14F2N4O3S. The summed E-state index contributed by atoms with van der Waals surface area (Å²) >= 11 is 1.16. The van der Waals surface area contributed by atoms with Crippen molar-refractivity contribution in [3.05, 3.63) is 76.8 Å². The molecule has 7 nitrogen and oxygen atoms in total. The molecule has 30 heavy (non-hydrogen) atoms. The van der Waals surface area contributed by atoms with Gasteiger partial charge in [-0.1, -0.05) is 17.3 Å². The van der Waals surface area contributed by atoms with E-state index in [1.807, 2.05) is 0 Å². The number of amides is 1. The zero-order valence-electron chi connectivity index (χ0n) is 15.6. The summed E-state index contributed by atoms with van der Waals surface area (Å²) in [7, 11) is 0. The van der Waals surface area contributed by atoms with E-state index in [9.17, 15) is 13.6 Å². The molecule has 4 rings (SSSR count). The van der Waals surface area contributed by atoms with E-state index in [-0.39, 0.29) is 6.61 Å². The van der Waals surface area contributed by atoms with Crippen LogP contribution in [0, 0.1) is 18.6 Å². The summed E-state index contributed by atoms with van der Waals surface area (Å²) in [5.74, 6) is -1.21. The maximum absolute atomic E-state index is 13.4. The predicted molar refractivity (Wildman–Crippen MR) is 105 cm³/mol. The molecule has 0 fully saturated rings. The minimum atomic E-state index is -0.964. The number of ether oxygens (including phenoxy) is 1. The number of benzene rings is 2. The van der Waals surface area contributed by atoms with Crippen molar-refractivity contribution in [2.45, 2.75) is 13.5 Å². The first kappa shape index (κ1) is 19.6. The summed E-state index contributed by atoms with van der Waals surface area (Å²) in [6.45, 7) is 1.71. The number of aryl methyl sites for hydroxylation is 1. The van der Waals surface area contributed by atoms with E-state index >= 15 is 0 Å². The maximum Gasteiger partial charge on any atom is 0.261 e. The quantitative estimate of drug-likeness (QED) is 0.482. The highest BCUT2D eigenvalue weighted by Gasteiger charge is 2.16. The fraction of sp³-hybridized carbons (Fsp3) is 0.100. The van der Waals surface area contributed by atoms with E-state index in [0.29, 0.717) is 39.4 Å². The first-order valence-corrected chi connectivity index (χ1v) is 9.61. The lowest BCUT2D eigenvalue weighted by Crippen LogP contribution is -2.13. The summed E-state index contributed by atoms with van der Waals surface area (Å²) < 4.78 is 37.1. The van der Waals surface area contributed by atoms with Crippen molar-refractivity contribution in [1.29, 1.82) is 0 Å². The lowest BCUT2D eigenvalue weighted by molar-refractivity contribution is 0.102. The molecule has 1 amide bonds. The molecule has 0 bridgehead atoms. The van der Waals surface area contributed by atoms with Crippen molar-refractivity contribution in [3.8, 4) is 17.0 Å². The number of thiazole rings is 1. The van der Waals surface area contributed by atoms with Crippen LogP contribution in [0.1, 0.15) is 22.1 Å². The van der Waals surface area contributed by atoms with E-state index in [1.165, 1.54) is 6.07 Å². The molecule has 0 saturated heterocycles. The van der Waals surface area contributed by atoms with E-state index in [0.717, 1.165) is 23.5 Å². The van der Waals surface area contributed by atoms with Crippen LogP contribution in [0.2, 0.25) is 0 Å². The van der Waals surface area contributed by atoms with Gasteiger partial charge in [0.2, 0.25) is 11.7 Å². The average Bonchev–Trinajstić information content (AvgIpc) is 3.37. The molecule has 0 aliphatic carbocycles. The Hall–Kier alpha value is -3.66. The van der Waals surface area contributed by atoms with E-state index in [4.69, 9.17) is 9.26 Å². The normalized spacial score (nSPS) is 10.8. The van der Waals surface area contributed by atoms with Gasteiger partial charge in [0.15, 0.2) is 23.4 Å². The molecule has 10 heteroatoms. The molecule has 1 N–H and O–H groups in total. The number of halogens is 2. The summed E-state index contributed by atoms with van der Waals surface area (Å²) in [5, 5.41) is 8.38. The molecule has 0 unspecified atom stereocenters. The Morgan fingerprint density at radius 1 is 1.17 bits per heavy atom. The minimum Gasteiger partial charge on any atom is -0.485 e. The first-order chi connectivity index (χ1) is 14.5. The number of hydrogen-bond donors (Lipinski definition) is 1. The smallest absolute Gasteiger partial charge is 0.261 e. The summed E-state index contributed by atoms with van der Waals surface area (Å²) in [6, 6.07) is 10.2. The predicted octanol–water partition coefficient (Wildman–Crippen LogP) is 4.61. The summed E-state index contributed by atoms with van der Waals surface area (Å²) in [5.41, 5.74) is 1.12. The van der Waals surface area contributed by atoms with Crippen molar-refractivity contribution in [2.75, 3.05) is 5.32 Å². The van der Waals surface area contributed by atoms with Gasteiger partial charge in [-0.15, -0.1) is 11.3 Å². The van der Waals surface area contributed by atoms with Crippen molar-refractivity contribution in [2.24, 2.45) is 0 Å². The third-order valence-electron chi connectivity index (χ3n) is 4.00. The molecular weight excluding hydrogens is 414 g/mol. The molecule has 152 valence electrons. The van der Waals surface area contributed by atoms with Gasteiger partial charge in [0, 0.05) is 17.9 Å². The van der Waals surface area contributed by atoms with Crippen LogP contribution in [0.4, 0.5) is 13.9 Å². The third kappa shape index (κ3) is 4.33. The lowest BCUT2D eigenvalue weighted by atomic mass is 10.2. The highest BCUT2D eigenvalue weighted by Crippen LogP contribution is 2.27. The van der Waals surface area contributed by atoms with Crippen molar-refractivity contribution in [3.63, 3.8) is 0 Å². The Morgan fingerprint density at radius 3 is 2.77 bits per heavy atom. The van der Waals surface area contributed by atoms with Crippen LogP contribution >= 0.6 is 11.3 Å². The van der Waals surface area contributed by atoms with Crippen molar-refractivity contribution >= 4 is 22.4 Å². The van der Waals surface area contributed by atoms with E-state index in [1.54, 1.807) is 36.6 Å².